The summed E-state index contributed by atoms with van der Waals surface area (Å²) in [6.45, 7) is 6.10. The highest BCUT2D eigenvalue weighted by molar-refractivity contribution is 5.66. The SMILES string of the molecule is CC(=O)OC[C@@](C)(/C=C/CO)[C@H](C)OC(C)=O. The molecule has 0 aromatic rings. The fourth-order valence-electron chi connectivity index (χ4n) is 1.26. The van der Waals surface area contributed by atoms with Crippen molar-refractivity contribution in [1.29, 1.82) is 0 Å². The van der Waals surface area contributed by atoms with Gasteiger partial charge in [0.05, 0.1) is 12.0 Å². The van der Waals surface area contributed by atoms with E-state index in [9.17, 15) is 9.59 Å². The molecule has 0 rings (SSSR count). The number of esters is 2. The summed E-state index contributed by atoms with van der Waals surface area (Å²) < 4.78 is 10.0. The van der Waals surface area contributed by atoms with Crippen LogP contribution >= 0.6 is 0 Å². The van der Waals surface area contributed by atoms with E-state index in [2.05, 4.69) is 0 Å². The molecule has 0 aliphatic carbocycles. The fourth-order valence-corrected chi connectivity index (χ4v) is 1.26. The van der Waals surface area contributed by atoms with Crippen molar-refractivity contribution < 1.29 is 24.2 Å². The summed E-state index contributed by atoms with van der Waals surface area (Å²) in [5.74, 6) is -0.799. The summed E-state index contributed by atoms with van der Waals surface area (Å²) in [6.07, 6.45) is 2.76. The molecule has 5 heteroatoms. The number of hydrogen-bond donors (Lipinski definition) is 1. The second-order valence-corrected chi connectivity index (χ2v) is 4.12. The van der Waals surface area contributed by atoms with Crippen LogP contribution in [0.2, 0.25) is 0 Å². The van der Waals surface area contributed by atoms with E-state index in [-0.39, 0.29) is 13.2 Å². The zero-order valence-electron chi connectivity index (χ0n) is 10.7. The average molecular weight is 244 g/mol. The first-order valence-electron chi connectivity index (χ1n) is 5.41. The highest BCUT2D eigenvalue weighted by Gasteiger charge is 2.32. The number of rotatable bonds is 6. The van der Waals surface area contributed by atoms with E-state index < -0.39 is 23.5 Å². The van der Waals surface area contributed by atoms with Crippen LogP contribution in [0.25, 0.3) is 0 Å². The molecule has 0 aliphatic rings. The minimum absolute atomic E-state index is 0.0906. The highest BCUT2D eigenvalue weighted by atomic mass is 16.6. The smallest absolute Gasteiger partial charge is 0.302 e. The molecule has 0 bridgehead atoms. The van der Waals surface area contributed by atoms with Crippen LogP contribution in [0.3, 0.4) is 0 Å². The first-order valence-corrected chi connectivity index (χ1v) is 5.41. The Labute approximate surface area is 101 Å². The van der Waals surface area contributed by atoms with Gasteiger partial charge in [0.2, 0.25) is 0 Å². The summed E-state index contributed by atoms with van der Waals surface area (Å²) in [5.41, 5.74) is -0.653. The van der Waals surface area contributed by atoms with Gasteiger partial charge in [-0.15, -0.1) is 0 Å². The number of carbonyl (C=O) groups is 2. The molecule has 2 atom stereocenters. The van der Waals surface area contributed by atoms with Crippen LogP contribution in [0.1, 0.15) is 27.7 Å². The molecule has 0 aromatic heterocycles. The van der Waals surface area contributed by atoms with E-state index in [1.807, 2.05) is 0 Å². The Bertz CT molecular complexity index is 297. The molecule has 0 radical (unpaired) electrons. The lowest BCUT2D eigenvalue weighted by Crippen LogP contribution is -2.36. The number of carbonyl (C=O) groups excluding carboxylic acids is 2. The molecule has 0 unspecified atom stereocenters. The van der Waals surface area contributed by atoms with Gasteiger partial charge in [-0.2, -0.15) is 0 Å². The van der Waals surface area contributed by atoms with Gasteiger partial charge in [-0.3, -0.25) is 9.59 Å². The lowest BCUT2D eigenvalue weighted by Gasteiger charge is -2.31. The predicted molar refractivity (Wildman–Crippen MR) is 62.2 cm³/mol. The molecule has 0 saturated carbocycles. The Morgan fingerprint density at radius 2 is 1.94 bits per heavy atom. The number of aliphatic hydroxyl groups excluding tert-OH is 1. The van der Waals surface area contributed by atoms with Crippen LogP contribution in [-0.2, 0) is 19.1 Å². The molecule has 1 N–H and O–H groups in total. The summed E-state index contributed by atoms with van der Waals surface area (Å²) >= 11 is 0. The van der Waals surface area contributed by atoms with Crippen molar-refractivity contribution in [2.24, 2.45) is 5.41 Å². The van der Waals surface area contributed by atoms with Crippen molar-refractivity contribution in [1.82, 2.24) is 0 Å². The van der Waals surface area contributed by atoms with E-state index in [0.717, 1.165) is 0 Å². The van der Waals surface area contributed by atoms with Gasteiger partial charge < -0.3 is 14.6 Å². The maximum Gasteiger partial charge on any atom is 0.302 e. The summed E-state index contributed by atoms with van der Waals surface area (Å²) in [4.78, 5) is 21.7. The largest absolute Gasteiger partial charge is 0.465 e. The molecule has 0 aliphatic heterocycles. The van der Waals surface area contributed by atoms with Crippen LogP contribution in [-0.4, -0.2) is 36.4 Å². The lowest BCUT2D eigenvalue weighted by molar-refractivity contribution is -0.155. The molecule has 0 fully saturated rings. The summed E-state index contributed by atoms with van der Waals surface area (Å²) in [6, 6.07) is 0. The minimum Gasteiger partial charge on any atom is -0.465 e. The van der Waals surface area contributed by atoms with Gasteiger partial charge >= 0.3 is 11.9 Å². The van der Waals surface area contributed by atoms with Crippen LogP contribution < -0.4 is 0 Å². The Morgan fingerprint density at radius 1 is 1.35 bits per heavy atom. The Hall–Kier alpha value is -1.36. The summed E-state index contributed by atoms with van der Waals surface area (Å²) in [7, 11) is 0. The van der Waals surface area contributed by atoms with Crippen molar-refractivity contribution in [2.75, 3.05) is 13.2 Å². The van der Waals surface area contributed by atoms with Crippen LogP contribution in [0.5, 0.6) is 0 Å². The molecule has 0 aromatic carbocycles. The minimum atomic E-state index is -0.653. The van der Waals surface area contributed by atoms with Crippen molar-refractivity contribution in [3.63, 3.8) is 0 Å². The first kappa shape index (κ1) is 15.6. The van der Waals surface area contributed by atoms with E-state index in [1.165, 1.54) is 19.9 Å². The lowest BCUT2D eigenvalue weighted by atomic mass is 9.85. The van der Waals surface area contributed by atoms with E-state index in [0.29, 0.717) is 0 Å². The molecule has 0 heterocycles. The molecule has 98 valence electrons. The topological polar surface area (TPSA) is 72.8 Å². The van der Waals surface area contributed by atoms with E-state index >= 15 is 0 Å². The molecule has 17 heavy (non-hydrogen) atoms. The van der Waals surface area contributed by atoms with Crippen molar-refractivity contribution in [3.05, 3.63) is 12.2 Å². The average Bonchev–Trinajstić information content (AvgIpc) is 2.22. The second-order valence-electron chi connectivity index (χ2n) is 4.12. The maximum atomic E-state index is 10.9. The quantitative estimate of drug-likeness (QED) is 0.558. The van der Waals surface area contributed by atoms with Crippen LogP contribution in [0.15, 0.2) is 12.2 Å². The second kappa shape index (κ2) is 7.06. The third kappa shape index (κ3) is 6.06. The standard InChI is InChI=1S/C12H20O5/c1-9(17-11(3)15)12(4,6-5-7-13)8-16-10(2)14/h5-6,9,13H,7-8H2,1-4H3/b6-5+/t9-,12+/m0/s1. The molecular formula is C12H20O5. The number of ether oxygens (including phenoxy) is 2. The van der Waals surface area contributed by atoms with E-state index in [4.69, 9.17) is 14.6 Å². The number of aliphatic hydroxyl groups is 1. The molecule has 0 spiro atoms. The van der Waals surface area contributed by atoms with Crippen molar-refractivity contribution in [3.8, 4) is 0 Å². The Balaban J connectivity index is 4.74. The first-order chi connectivity index (χ1) is 7.81. The van der Waals surface area contributed by atoms with Crippen molar-refractivity contribution in [2.45, 2.75) is 33.8 Å². The number of hydrogen-bond acceptors (Lipinski definition) is 5. The predicted octanol–water partition coefficient (Wildman–Crippen LogP) is 1.06. The van der Waals surface area contributed by atoms with Crippen LogP contribution in [0, 0.1) is 5.41 Å². The normalized spacial score (nSPS) is 16.3. The van der Waals surface area contributed by atoms with Gasteiger partial charge in [0.25, 0.3) is 0 Å². The third-order valence-corrected chi connectivity index (χ3v) is 2.46. The van der Waals surface area contributed by atoms with E-state index in [1.54, 1.807) is 19.9 Å². The fraction of sp³-hybridized carbons (Fsp3) is 0.667. The zero-order valence-corrected chi connectivity index (χ0v) is 10.7. The molecule has 0 saturated heterocycles. The summed E-state index contributed by atoms with van der Waals surface area (Å²) in [5, 5.41) is 8.77. The maximum absolute atomic E-state index is 10.9. The Kier molecular flexibility index (Phi) is 6.50. The van der Waals surface area contributed by atoms with Crippen molar-refractivity contribution >= 4 is 11.9 Å². The van der Waals surface area contributed by atoms with Crippen LogP contribution in [0.4, 0.5) is 0 Å². The molecule has 0 amide bonds. The highest BCUT2D eigenvalue weighted by Crippen LogP contribution is 2.26. The molecular weight excluding hydrogens is 224 g/mol. The van der Waals surface area contributed by atoms with Gasteiger partial charge in [-0.1, -0.05) is 12.2 Å². The van der Waals surface area contributed by atoms with Gasteiger partial charge in [-0.25, -0.2) is 0 Å². The van der Waals surface area contributed by atoms with Gasteiger partial charge in [0.1, 0.15) is 12.7 Å². The monoisotopic (exact) mass is 244 g/mol. The third-order valence-electron chi connectivity index (χ3n) is 2.46. The van der Waals surface area contributed by atoms with Gasteiger partial charge in [0, 0.05) is 13.8 Å². The molecule has 5 nitrogen and oxygen atoms in total. The van der Waals surface area contributed by atoms with Gasteiger partial charge in [0.15, 0.2) is 0 Å². The Morgan fingerprint density at radius 3 is 2.35 bits per heavy atom. The zero-order chi connectivity index (χ0) is 13.5. The van der Waals surface area contributed by atoms with Gasteiger partial charge in [-0.05, 0) is 13.8 Å².